The molecule has 0 aromatic heterocycles. The maximum Gasteiger partial charge on any atom is 0.226 e. The van der Waals surface area contributed by atoms with Crippen molar-refractivity contribution in [3.63, 3.8) is 0 Å². The van der Waals surface area contributed by atoms with Crippen molar-refractivity contribution < 1.29 is 9.53 Å². The number of likely N-dealkylation sites (tertiary alicyclic amines) is 2. The molecule has 0 spiro atoms. The summed E-state index contributed by atoms with van der Waals surface area (Å²) in [6.45, 7) is 4.92. The minimum atomic E-state index is 0.278. The van der Waals surface area contributed by atoms with Crippen molar-refractivity contribution in [3.05, 3.63) is 35.4 Å². The average molecular weight is 330 g/mol. The molecule has 1 aromatic carbocycles. The summed E-state index contributed by atoms with van der Waals surface area (Å²) in [5.41, 5.74) is 2.23. The predicted octanol–water partition coefficient (Wildman–Crippen LogP) is 2.57. The highest BCUT2D eigenvalue weighted by Gasteiger charge is 2.33. The molecule has 2 aliphatic heterocycles. The van der Waals surface area contributed by atoms with Crippen molar-refractivity contribution in [2.75, 3.05) is 40.3 Å². The molecule has 24 heavy (non-hydrogen) atoms. The van der Waals surface area contributed by atoms with Gasteiger partial charge < -0.3 is 14.5 Å². The number of amides is 1. The highest BCUT2D eigenvalue weighted by molar-refractivity contribution is 5.79. The summed E-state index contributed by atoms with van der Waals surface area (Å²) in [6, 6.07) is 8.19. The molecule has 0 N–H and O–H groups in total. The number of hydrogen-bond donors (Lipinski definition) is 0. The molecular formula is C20H30N2O2. The Morgan fingerprint density at radius 3 is 2.58 bits per heavy atom. The second-order valence-electron chi connectivity index (χ2n) is 7.46. The number of benzene rings is 1. The lowest BCUT2D eigenvalue weighted by Crippen LogP contribution is -2.35. The average Bonchev–Trinajstić information content (AvgIpc) is 3.06. The molecule has 3 rings (SSSR count). The van der Waals surface area contributed by atoms with Crippen LogP contribution in [0.25, 0.3) is 0 Å². The van der Waals surface area contributed by atoms with Crippen LogP contribution >= 0.6 is 0 Å². The van der Waals surface area contributed by atoms with E-state index in [0.717, 1.165) is 30.1 Å². The molecule has 1 atom stereocenters. The fourth-order valence-electron chi connectivity index (χ4n) is 4.18. The van der Waals surface area contributed by atoms with E-state index in [4.69, 9.17) is 4.74 Å². The summed E-state index contributed by atoms with van der Waals surface area (Å²) in [6.07, 6.45) is 4.28. The molecule has 2 fully saturated rings. The van der Waals surface area contributed by atoms with Crippen LogP contribution in [0.3, 0.4) is 0 Å². The van der Waals surface area contributed by atoms with Gasteiger partial charge >= 0.3 is 0 Å². The number of nitrogens with zero attached hydrogens (tertiary/aromatic N) is 2. The minimum Gasteiger partial charge on any atom is -0.380 e. The first-order valence-electron chi connectivity index (χ1n) is 9.19. The Labute approximate surface area is 145 Å². The third-order valence-electron chi connectivity index (χ3n) is 5.67. The van der Waals surface area contributed by atoms with E-state index in [9.17, 15) is 4.79 Å². The standard InChI is InChI=1S/C20H30N2O2/c1-21-9-6-18(7-10-21)19-8-11-22(14-19)20(23)13-16-4-3-5-17(12-16)15-24-2/h3-5,12,18-19H,6-11,13-15H2,1-2H3/t19-/m0/s1. The summed E-state index contributed by atoms with van der Waals surface area (Å²) in [4.78, 5) is 17.2. The lowest BCUT2D eigenvalue weighted by atomic mass is 9.84. The van der Waals surface area contributed by atoms with Crippen molar-refractivity contribution in [3.8, 4) is 0 Å². The van der Waals surface area contributed by atoms with Crippen molar-refractivity contribution in [2.45, 2.75) is 32.3 Å². The quantitative estimate of drug-likeness (QED) is 0.832. The molecule has 0 aliphatic carbocycles. The molecule has 4 heteroatoms. The third-order valence-corrected chi connectivity index (χ3v) is 5.67. The lowest BCUT2D eigenvalue weighted by Gasteiger charge is -2.32. The van der Waals surface area contributed by atoms with E-state index >= 15 is 0 Å². The number of hydrogen-bond acceptors (Lipinski definition) is 3. The first-order valence-corrected chi connectivity index (χ1v) is 9.19. The summed E-state index contributed by atoms with van der Waals surface area (Å²) >= 11 is 0. The highest BCUT2D eigenvalue weighted by atomic mass is 16.5. The van der Waals surface area contributed by atoms with E-state index in [-0.39, 0.29) is 5.91 Å². The van der Waals surface area contributed by atoms with Crippen LogP contribution in [0.5, 0.6) is 0 Å². The van der Waals surface area contributed by atoms with Gasteiger partial charge in [-0.15, -0.1) is 0 Å². The normalized spacial score (nSPS) is 22.9. The monoisotopic (exact) mass is 330 g/mol. The van der Waals surface area contributed by atoms with Crippen molar-refractivity contribution in [1.82, 2.24) is 9.80 Å². The smallest absolute Gasteiger partial charge is 0.226 e. The first kappa shape index (κ1) is 17.4. The predicted molar refractivity (Wildman–Crippen MR) is 95.8 cm³/mol. The number of carbonyl (C=O) groups is 1. The lowest BCUT2D eigenvalue weighted by molar-refractivity contribution is -0.129. The van der Waals surface area contributed by atoms with E-state index < -0.39 is 0 Å². The third kappa shape index (κ3) is 4.37. The topological polar surface area (TPSA) is 32.8 Å². The molecule has 0 unspecified atom stereocenters. The van der Waals surface area contributed by atoms with Crippen LogP contribution in [-0.4, -0.2) is 56.0 Å². The Bertz CT molecular complexity index is 552. The second-order valence-corrected chi connectivity index (χ2v) is 7.46. The molecule has 0 radical (unpaired) electrons. The van der Waals surface area contributed by atoms with Crippen molar-refractivity contribution in [2.24, 2.45) is 11.8 Å². The summed E-state index contributed by atoms with van der Waals surface area (Å²) < 4.78 is 5.18. The molecule has 2 heterocycles. The van der Waals surface area contributed by atoms with Gasteiger partial charge in [0.25, 0.3) is 0 Å². The Kier molecular flexibility index (Phi) is 5.90. The highest BCUT2D eigenvalue weighted by Crippen LogP contribution is 2.31. The molecule has 132 valence electrons. The van der Waals surface area contributed by atoms with Gasteiger partial charge in [0, 0.05) is 20.2 Å². The fraction of sp³-hybridized carbons (Fsp3) is 0.650. The van der Waals surface area contributed by atoms with E-state index in [2.05, 4.69) is 22.9 Å². The Balaban J connectivity index is 1.52. The Morgan fingerprint density at radius 2 is 1.83 bits per heavy atom. The van der Waals surface area contributed by atoms with E-state index in [0.29, 0.717) is 18.9 Å². The molecule has 2 saturated heterocycles. The summed E-state index contributed by atoms with van der Waals surface area (Å²) in [5, 5.41) is 0. The van der Waals surface area contributed by atoms with Crippen LogP contribution in [0.2, 0.25) is 0 Å². The zero-order valence-electron chi connectivity index (χ0n) is 15.0. The number of piperidine rings is 1. The van der Waals surface area contributed by atoms with Crippen molar-refractivity contribution in [1.29, 1.82) is 0 Å². The molecular weight excluding hydrogens is 300 g/mol. The maximum atomic E-state index is 12.7. The Morgan fingerprint density at radius 1 is 1.12 bits per heavy atom. The second kappa shape index (κ2) is 8.13. The molecule has 1 amide bonds. The van der Waals surface area contributed by atoms with E-state index in [1.165, 1.54) is 32.4 Å². The van der Waals surface area contributed by atoms with Gasteiger partial charge in [-0.25, -0.2) is 0 Å². The van der Waals surface area contributed by atoms with Crippen LogP contribution in [0.15, 0.2) is 24.3 Å². The van der Waals surface area contributed by atoms with Crippen molar-refractivity contribution >= 4 is 5.91 Å². The van der Waals surface area contributed by atoms with Crippen LogP contribution in [0, 0.1) is 11.8 Å². The van der Waals surface area contributed by atoms with Gasteiger partial charge in [0.05, 0.1) is 13.0 Å². The zero-order chi connectivity index (χ0) is 16.9. The zero-order valence-corrected chi connectivity index (χ0v) is 15.0. The van der Waals surface area contributed by atoms with Crippen LogP contribution in [0.4, 0.5) is 0 Å². The Hall–Kier alpha value is -1.39. The van der Waals surface area contributed by atoms with Crippen LogP contribution in [0.1, 0.15) is 30.4 Å². The van der Waals surface area contributed by atoms with Gasteiger partial charge in [0.2, 0.25) is 5.91 Å². The van der Waals surface area contributed by atoms with E-state index in [1.807, 2.05) is 18.2 Å². The van der Waals surface area contributed by atoms with Gasteiger partial charge in [-0.05, 0) is 62.4 Å². The number of methoxy groups -OCH3 is 1. The van der Waals surface area contributed by atoms with Gasteiger partial charge in [0.1, 0.15) is 0 Å². The summed E-state index contributed by atoms with van der Waals surface area (Å²) in [5.74, 6) is 1.80. The molecule has 0 saturated carbocycles. The molecule has 4 nitrogen and oxygen atoms in total. The van der Waals surface area contributed by atoms with Gasteiger partial charge in [-0.3, -0.25) is 4.79 Å². The number of carbonyl (C=O) groups excluding carboxylic acids is 1. The summed E-state index contributed by atoms with van der Waals surface area (Å²) in [7, 11) is 3.91. The van der Waals surface area contributed by atoms with Gasteiger partial charge in [-0.1, -0.05) is 24.3 Å². The van der Waals surface area contributed by atoms with Gasteiger partial charge in [-0.2, -0.15) is 0 Å². The maximum absolute atomic E-state index is 12.7. The van der Waals surface area contributed by atoms with Gasteiger partial charge in [0.15, 0.2) is 0 Å². The molecule has 2 aliphatic rings. The number of ether oxygens (including phenoxy) is 1. The minimum absolute atomic E-state index is 0.278. The van der Waals surface area contributed by atoms with E-state index in [1.54, 1.807) is 7.11 Å². The van der Waals surface area contributed by atoms with Crippen LogP contribution in [-0.2, 0) is 22.6 Å². The SMILES string of the molecule is COCc1cccc(CC(=O)N2CC[C@H](C3CCN(C)CC3)C2)c1. The number of rotatable bonds is 5. The molecule has 0 bridgehead atoms. The molecule has 1 aromatic rings. The largest absolute Gasteiger partial charge is 0.380 e. The fourth-order valence-corrected chi connectivity index (χ4v) is 4.18. The first-order chi connectivity index (χ1) is 11.7. The van der Waals surface area contributed by atoms with Crippen LogP contribution < -0.4 is 0 Å².